The second-order valence-electron chi connectivity index (χ2n) is 2.85. The zero-order valence-electron chi connectivity index (χ0n) is 7.40. The third-order valence-corrected chi connectivity index (χ3v) is 2.64. The minimum absolute atomic E-state index is 0.0855. The highest BCUT2D eigenvalue weighted by molar-refractivity contribution is 7.10. The van der Waals surface area contributed by atoms with Gasteiger partial charge in [0.25, 0.3) is 0 Å². The van der Waals surface area contributed by atoms with Crippen LogP contribution >= 0.6 is 11.3 Å². The molecule has 0 radical (unpaired) electrons. The fourth-order valence-corrected chi connectivity index (χ4v) is 1.74. The molecule has 1 aromatic heterocycles. The first-order valence-corrected chi connectivity index (χ1v) is 5.03. The maximum absolute atomic E-state index is 11.4. The first-order valence-electron chi connectivity index (χ1n) is 4.15. The van der Waals surface area contributed by atoms with E-state index in [1.54, 1.807) is 17.4 Å². The summed E-state index contributed by atoms with van der Waals surface area (Å²) in [6.45, 7) is 3.55. The highest BCUT2D eigenvalue weighted by Gasteiger charge is 2.12. The molecule has 13 heavy (non-hydrogen) atoms. The molecule has 70 valence electrons. The van der Waals surface area contributed by atoms with Crippen LogP contribution in [-0.4, -0.2) is 11.8 Å². The molecule has 1 unspecified atom stereocenters. The first-order chi connectivity index (χ1) is 6.24. The first kappa shape index (κ1) is 10.2. The van der Waals surface area contributed by atoms with Gasteiger partial charge in [0.2, 0.25) is 0 Å². The lowest BCUT2D eigenvalue weighted by atomic mass is 10.1. The van der Waals surface area contributed by atoms with Gasteiger partial charge in [0.05, 0.1) is 6.04 Å². The van der Waals surface area contributed by atoms with E-state index < -0.39 is 0 Å². The minimum Gasteiger partial charge on any atom is -0.321 e. The molecule has 0 fully saturated rings. The highest BCUT2D eigenvalue weighted by atomic mass is 32.1. The Morgan fingerprint density at radius 1 is 1.77 bits per heavy atom. The SMILES string of the molecule is C=CCC(N)C(=O)Cc1cccs1. The van der Waals surface area contributed by atoms with E-state index in [2.05, 4.69) is 6.58 Å². The van der Waals surface area contributed by atoms with Gasteiger partial charge in [-0.15, -0.1) is 17.9 Å². The standard InChI is InChI=1S/C10H13NOS/c1-2-4-9(11)10(12)7-8-5-3-6-13-8/h2-3,5-6,9H,1,4,7,11H2. The molecule has 1 rings (SSSR count). The van der Waals surface area contributed by atoms with Crippen molar-refractivity contribution < 1.29 is 4.79 Å². The number of hydrogen-bond donors (Lipinski definition) is 1. The molecule has 0 amide bonds. The van der Waals surface area contributed by atoms with E-state index in [9.17, 15) is 4.79 Å². The van der Waals surface area contributed by atoms with Crippen LogP contribution in [0.3, 0.4) is 0 Å². The summed E-state index contributed by atoms with van der Waals surface area (Å²) in [5.41, 5.74) is 5.63. The Labute approximate surface area is 82.1 Å². The van der Waals surface area contributed by atoms with Crippen molar-refractivity contribution in [1.82, 2.24) is 0 Å². The monoisotopic (exact) mass is 195 g/mol. The number of Topliss-reactive ketones (excluding diaryl/α,β-unsaturated/α-hetero) is 1. The van der Waals surface area contributed by atoms with Crippen molar-refractivity contribution in [1.29, 1.82) is 0 Å². The van der Waals surface area contributed by atoms with Gasteiger partial charge in [-0.3, -0.25) is 4.79 Å². The number of carbonyl (C=O) groups excluding carboxylic acids is 1. The van der Waals surface area contributed by atoms with Crippen LogP contribution in [0.25, 0.3) is 0 Å². The Balaban J connectivity index is 2.45. The summed E-state index contributed by atoms with van der Waals surface area (Å²) >= 11 is 1.58. The summed E-state index contributed by atoms with van der Waals surface area (Å²) in [5.74, 6) is 0.0855. The topological polar surface area (TPSA) is 43.1 Å². The maximum atomic E-state index is 11.4. The predicted octanol–water partition coefficient (Wildman–Crippen LogP) is 1.76. The van der Waals surface area contributed by atoms with E-state index in [-0.39, 0.29) is 11.8 Å². The zero-order valence-corrected chi connectivity index (χ0v) is 8.22. The van der Waals surface area contributed by atoms with Crippen LogP contribution in [0.2, 0.25) is 0 Å². The average Bonchev–Trinajstić information content (AvgIpc) is 2.57. The van der Waals surface area contributed by atoms with E-state index in [4.69, 9.17) is 5.73 Å². The molecule has 0 saturated carbocycles. The van der Waals surface area contributed by atoms with Crippen LogP contribution in [0.1, 0.15) is 11.3 Å². The number of thiophene rings is 1. The molecule has 3 heteroatoms. The second-order valence-corrected chi connectivity index (χ2v) is 3.89. The summed E-state index contributed by atoms with van der Waals surface area (Å²) in [4.78, 5) is 12.5. The molecule has 0 aliphatic carbocycles. The lowest BCUT2D eigenvalue weighted by Crippen LogP contribution is -2.30. The van der Waals surface area contributed by atoms with Gasteiger partial charge < -0.3 is 5.73 Å². The number of ketones is 1. The molecule has 2 nitrogen and oxygen atoms in total. The maximum Gasteiger partial charge on any atom is 0.155 e. The van der Waals surface area contributed by atoms with Crippen molar-refractivity contribution in [3.05, 3.63) is 35.0 Å². The quantitative estimate of drug-likeness (QED) is 0.727. The van der Waals surface area contributed by atoms with Gasteiger partial charge in [0.15, 0.2) is 5.78 Å². The molecule has 0 bridgehead atoms. The molecule has 0 aliphatic heterocycles. The smallest absolute Gasteiger partial charge is 0.155 e. The molecule has 0 spiro atoms. The molecular formula is C10H13NOS. The zero-order chi connectivity index (χ0) is 9.68. The van der Waals surface area contributed by atoms with Crippen LogP contribution in [0.15, 0.2) is 30.2 Å². The summed E-state index contributed by atoms with van der Waals surface area (Å²) in [6.07, 6.45) is 2.69. The highest BCUT2D eigenvalue weighted by Crippen LogP contribution is 2.10. The van der Waals surface area contributed by atoms with Gasteiger partial charge in [-0.1, -0.05) is 12.1 Å². The third-order valence-electron chi connectivity index (χ3n) is 1.76. The van der Waals surface area contributed by atoms with Gasteiger partial charge in [-0.25, -0.2) is 0 Å². The lowest BCUT2D eigenvalue weighted by Gasteiger charge is -2.05. The van der Waals surface area contributed by atoms with Crippen molar-refractivity contribution in [2.24, 2.45) is 5.73 Å². The summed E-state index contributed by atoms with van der Waals surface area (Å²) < 4.78 is 0. The molecule has 2 N–H and O–H groups in total. The van der Waals surface area contributed by atoms with Crippen LogP contribution in [0.5, 0.6) is 0 Å². The van der Waals surface area contributed by atoms with Crippen LogP contribution in [0.4, 0.5) is 0 Å². The van der Waals surface area contributed by atoms with E-state index in [0.29, 0.717) is 12.8 Å². The van der Waals surface area contributed by atoms with Crippen molar-refractivity contribution >= 4 is 17.1 Å². The third kappa shape index (κ3) is 3.13. The fourth-order valence-electron chi connectivity index (χ4n) is 1.03. The Bertz CT molecular complexity index is 279. The summed E-state index contributed by atoms with van der Waals surface area (Å²) in [7, 11) is 0. The normalized spacial score (nSPS) is 12.4. The Kier molecular flexibility index (Phi) is 3.86. The second kappa shape index (κ2) is 4.94. The predicted molar refractivity (Wildman–Crippen MR) is 55.8 cm³/mol. The Morgan fingerprint density at radius 3 is 3.08 bits per heavy atom. The molecule has 0 saturated heterocycles. The van der Waals surface area contributed by atoms with Gasteiger partial charge in [-0.05, 0) is 17.9 Å². The molecule has 0 aromatic carbocycles. The van der Waals surface area contributed by atoms with E-state index in [1.807, 2.05) is 17.5 Å². The van der Waals surface area contributed by atoms with E-state index in [0.717, 1.165) is 4.88 Å². The molecular weight excluding hydrogens is 182 g/mol. The van der Waals surface area contributed by atoms with Crippen molar-refractivity contribution in [3.8, 4) is 0 Å². The minimum atomic E-state index is -0.389. The largest absolute Gasteiger partial charge is 0.321 e. The lowest BCUT2D eigenvalue weighted by molar-refractivity contribution is -0.119. The summed E-state index contributed by atoms with van der Waals surface area (Å²) in [5, 5.41) is 1.96. The van der Waals surface area contributed by atoms with Crippen molar-refractivity contribution in [2.45, 2.75) is 18.9 Å². The number of hydrogen-bond acceptors (Lipinski definition) is 3. The molecule has 1 atom stereocenters. The fraction of sp³-hybridized carbons (Fsp3) is 0.300. The van der Waals surface area contributed by atoms with E-state index in [1.165, 1.54) is 0 Å². The van der Waals surface area contributed by atoms with Crippen molar-refractivity contribution in [3.63, 3.8) is 0 Å². The molecule has 1 aromatic rings. The number of carbonyl (C=O) groups is 1. The van der Waals surface area contributed by atoms with Crippen LogP contribution in [-0.2, 0) is 11.2 Å². The number of nitrogens with two attached hydrogens (primary N) is 1. The molecule has 0 aliphatic rings. The average molecular weight is 195 g/mol. The van der Waals surface area contributed by atoms with Gasteiger partial charge in [-0.2, -0.15) is 0 Å². The number of rotatable bonds is 5. The van der Waals surface area contributed by atoms with Gasteiger partial charge >= 0.3 is 0 Å². The van der Waals surface area contributed by atoms with Crippen molar-refractivity contribution in [2.75, 3.05) is 0 Å². The van der Waals surface area contributed by atoms with Gasteiger partial charge in [0, 0.05) is 11.3 Å². The van der Waals surface area contributed by atoms with Crippen LogP contribution < -0.4 is 5.73 Å². The van der Waals surface area contributed by atoms with Crippen LogP contribution in [0, 0.1) is 0 Å². The Hall–Kier alpha value is -0.930. The van der Waals surface area contributed by atoms with Gasteiger partial charge in [0.1, 0.15) is 0 Å². The summed E-state index contributed by atoms with van der Waals surface area (Å²) in [6, 6.07) is 3.50. The van der Waals surface area contributed by atoms with E-state index >= 15 is 0 Å². The Morgan fingerprint density at radius 2 is 2.54 bits per heavy atom. The molecule has 1 heterocycles.